The Bertz CT molecular complexity index is 975. The molecule has 0 amide bonds. The van der Waals surface area contributed by atoms with Crippen LogP contribution in [0.2, 0.25) is 5.02 Å². The molecule has 3 aromatic rings. The van der Waals surface area contributed by atoms with Gasteiger partial charge in [-0.2, -0.15) is 0 Å². The van der Waals surface area contributed by atoms with Crippen LogP contribution in [0.15, 0.2) is 60.7 Å². The maximum atomic E-state index is 5.92. The standard InChI is InChI=1S/C23H22ClNO4/c1-26-22-12-17(4-8-20(22)29-15-16-2-5-18(24)6-3-16)14-25-19-7-9-21-23(13-19)28-11-10-27-21/h2-9,12-13,25H,10-11,14-15H2,1H3. The molecule has 3 aromatic carbocycles. The lowest BCUT2D eigenvalue weighted by Crippen LogP contribution is -2.15. The molecule has 150 valence electrons. The predicted molar refractivity (Wildman–Crippen MR) is 114 cm³/mol. The molecule has 1 heterocycles. The molecule has 0 saturated heterocycles. The van der Waals surface area contributed by atoms with Crippen molar-refractivity contribution in [1.82, 2.24) is 0 Å². The molecule has 0 radical (unpaired) electrons. The fourth-order valence-electron chi connectivity index (χ4n) is 3.04. The van der Waals surface area contributed by atoms with E-state index in [1.54, 1.807) is 7.11 Å². The van der Waals surface area contributed by atoms with E-state index in [4.69, 9.17) is 30.5 Å². The summed E-state index contributed by atoms with van der Waals surface area (Å²) in [6.45, 7) is 2.26. The Morgan fingerprint density at radius 1 is 0.862 bits per heavy atom. The zero-order chi connectivity index (χ0) is 20.1. The van der Waals surface area contributed by atoms with Gasteiger partial charge < -0.3 is 24.3 Å². The maximum absolute atomic E-state index is 5.92. The third-order valence-electron chi connectivity index (χ3n) is 4.57. The zero-order valence-corrected chi connectivity index (χ0v) is 16.9. The van der Waals surface area contributed by atoms with Gasteiger partial charge >= 0.3 is 0 Å². The van der Waals surface area contributed by atoms with Gasteiger partial charge in [0, 0.05) is 23.3 Å². The van der Waals surface area contributed by atoms with E-state index >= 15 is 0 Å². The van der Waals surface area contributed by atoms with Gasteiger partial charge in [-0.25, -0.2) is 0 Å². The first-order valence-corrected chi connectivity index (χ1v) is 9.77. The fourth-order valence-corrected chi connectivity index (χ4v) is 3.17. The Labute approximate surface area is 175 Å². The summed E-state index contributed by atoms with van der Waals surface area (Å²) in [5, 5.41) is 4.11. The second-order valence-corrected chi connectivity index (χ2v) is 7.05. The Morgan fingerprint density at radius 3 is 2.41 bits per heavy atom. The summed E-state index contributed by atoms with van der Waals surface area (Å²) in [5.41, 5.74) is 3.09. The molecule has 1 N–H and O–H groups in total. The zero-order valence-electron chi connectivity index (χ0n) is 16.1. The summed E-state index contributed by atoms with van der Waals surface area (Å²) < 4.78 is 22.6. The van der Waals surface area contributed by atoms with Crippen LogP contribution in [-0.2, 0) is 13.2 Å². The highest BCUT2D eigenvalue weighted by molar-refractivity contribution is 6.30. The molecule has 0 unspecified atom stereocenters. The lowest BCUT2D eigenvalue weighted by atomic mass is 10.2. The van der Waals surface area contributed by atoms with Crippen molar-refractivity contribution in [1.29, 1.82) is 0 Å². The van der Waals surface area contributed by atoms with Crippen LogP contribution in [0.4, 0.5) is 5.69 Å². The number of hydrogen-bond donors (Lipinski definition) is 1. The molecule has 0 aliphatic carbocycles. The van der Waals surface area contributed by atoms with E-state index in [-0.39, 0.29) is 0 Å². The van der Waals surface area contributed by atoms with Gasteiger partial charge in [0.15, 0.2) is 23.0 Å². The second kappa shape index (κ2) is 8.97. The van der Waals surface area contributed by atoms with Crippen LogP contribution in [0.25, 0.3) is 0 Å². The molecule has 0 aromatic heterocycles. The quantitative estimate of drug-likeness (QED) is 0.570. The highest BCUT2D eigenvalue weighted by Gasteiger charge is 2.12. The van der Waals surface area contributed by atoms with Gasteiger partial charge in [0.05, 0.1) is 7.11 Å². The van der Waals surface area contributed by atoms with E-state index in [0.29, 0.717) is 42.9 Å². The van der Waals surface area contributed by atoms with Crippen molar-refractivity contribution in [3.05, 3.63) is 76.8 Å². The molecule has 1 aliphatic rings. The smallest absolute Gasteiger partial charge is 0.163 e. The van der Waals surface area contributed by atoms with Gasteiger partial charge in [-0.05, 0) is 47.5 Å². The molecular formula is C23H22ClNO4. The number of benzene rings is 3. The molecule has 4 rings (SSSR count). The van der Waals surface area contributed by atoms with Crippen LogP contribution in [-0.4, -0.2) is 20.3 Å². The van der Waals surface area contributed by atoms with Gasteiger partial charge in [-0.1, -0.05) is 29.8 Å². The highest BCUT2D eigenvalue weighted by Crippen LogP contribution is 2.33. The molecule has 0 saturated carbocycles. The SMILES string of the molecule is COc1cc(CNc2ccc3c(c2)OCCO3)ccc1OCc1ccc(Cl)cc1. The van der Waals surface area contributed by atoms with Crippen LogP contribution in [0.5, 0.6) is 23.0 Å². The van der Waals surface area contributed by atoms with Gasteiger partial charge in [0.2, 0.25) is 0 Å². The number of anilines is 1. The number of fused-ring (bicyclic) bond motifs is 1. The minimum Gasteiger partial charge on any atom is -0.493 e. The van der Waals surface area contributed by atoms with Crippen LogP contribution in [0.3, 0.4) is 0 Å². The minimum atomic E-state index is 0.447. The van der Waals surface area contributed by atoms with Crippen LogP contribution >= 0.6 is 11.6 Å². The van der Waals surface area contributed by atoms with Crippen molar-refractivity contribution < 1.29 is 18.9 Å². The first kappa shape index (κ1) is 19.3. The fraction of sp³-hybridized carbons (Fsp3) is 0.217. The number of methoxy groups -OCH3 is 1. The Hall–Kier alpha value is -3.05. The first-order valence-electron chi connectivity index (χ1n) is 9.39. The molecule has 0 bridgehead atoms. The molecule has 6 heteroatoms. The van der Waals surface area contributed by atoms with Crippen molar-refractivity contribution in [2.75, 3.05) is 25.6 Å². The van der Waals surface area contributed by atoms with Gasteiger partial charge in [0.25, 0.3) is 0 Å². The van der Waals surface area contributed by atoms with Crippen LogP contribution in [0.1, 0.15) is 11.1 Å². The minimum absolute atomic E-state index is 0.447. The van der Waals surface area contributed by atoms with Crippen molar-refractivity contribution >= 4 is 17.3 Å². The predicted octanol–water partition coefficient (Wildman–Crippen LogP) is 5.31. The van der Waals surface area contributed by atoms with Gasteiger partial charge in [0.1, 0.15) is 19.8 Å². The summed E-state index contributed by atoms with van der Waals surface area (Å²) in [7, 11) is 1.64. The van der Waals surface area contributed by atoms with Crippen LogP contribution < -0.4 is 24.3 Å². The monoisotopic (exact) mass is 411 g/mol. The van der Waals surface area contributed by atoms with E-state index < -0.39 is 0 Å². The number of halogens is 1. The number of nitrogens with one attached hydrogen (secondary N) is 1. The van der Waals surface area contributed by atoms with Crippen molar-refractivity contribution in [2.24, 2.45) is 0 Å². The Kier molecular flexibility index (Phi) is 5.96. The lowest BCUT2D eigenvalue weighted by molar-refractivity contribution is 0.171. The number of ether oxygens (including phenoxy) is 4. The largest absolute Gasteiger partial charge is 0.493 e. The van der Waals surface area contributed by atoms with Crippen LogP contribution in [0, 0.1) is 0 Å². The average Bonchev–Trinajstić information content (AvgIpc) is 2.77. The topological polar surface area (TPSA) is 49.0 Å². The molecule has 0 spiro atoms. The highest BCUT2D eigenvalue weighted by atomic mass is 35.5. The molecule has 29 heavy (non-hydrogen) atoms. The molecular weight excluding hydrogens is 390 g/mol. The number of rotatable bonds is 7. The molecule has 0 atom stereocenters. The first-order chi connectivity index (χ1) is 14.2. The summed E-state index contributed by atoms with van der Waals surface area (Å²) >= 11 is 5.92. The van der Waals surface area contributed by atoms with Gasteiger partial charge in [-0.3, -0.25) is 0 Å². The van der Waals surface area contributed by atoms with E-state index in [2.05, 4.69) is 5.32 Å². The van der Waals surface area contributed by atoms with Gasteiger partial charge in [-0.15, -0.1) is 0 Å². The summed E-state index contributed by atoms with van der Waals surface area (Å²) in [4.78, 5) is 0. The van der Waals surface area contributed by atoms with E-state index in [1.165, 1.54) is 0 Å². The second-order valence-electron chi connectivity index (χ2n) is 6.61. The molecule has 0 fully saturated rings. The van der Waals surface area contributed by atoms with Crippen molar-refractivity contribution in [3.63, 3.8) is 0 Å². The maximum Gasteiger partial charge on any atom is 0.163 e. The summed E-state index contributed by atoms with van der Waals surface area (Å²) in [6.07, 6.45) is 0. The molecule has 5 nitrogen and oxygen atoms in total. The Balaban J connectivity index is 1.39. The third kappa shape index (κ3) is 4.87. The number of hydrogen-bond acceptors (Lipinski definition) is 5. The van der Waals surface area contributed by atoms with Crippen molar-refractivity contribution in [2.45, 2.75) is 13.2 Å². The summed E-state index contributed by atoms with van der Waals surface area (Å²) in [6, 6.07) is 19.4. The van der Waals surface area contributed by atoms with E-state index in [0.717, 1.165) is 28.3 Å². The summed E-state index contributed by atoms with van der Waals surface area (Å²) in [5.74, 6) is 2.95. The lowest BCUT2D eigenvalue weighted by Gasteiger charge is -2.19. The third-order valence-corrected chi connectivity index (χ3v) is 4.83. The van der Waals surface area contributed by atoms with E-state index in [1.807, 2.05) is 60.7 Å². The average molecular weight is 412 g/mol. The van der Waals surface area contributed by atoms with E-state index in [9.17, 15) is 0 Å². The normalized spacial score (nSPS) is 12.3. The van der Waals surface area contributed by atoms with Crippen molar-refractivity contribution in [3.8, 4) is 23.0 Å². The molecule has 1 aliphatic heterocycles. The Morgan fingerprint density at radius 2 is 1.62 bits per heavy atom.